The Morgan fingerprint density at radius 1 is 1.11 bits per heavy atom. The third-order valence-electron chi connectivity index (χ3n) is 3.95. The highest BCUT2D eigenvalue weighted by atomic mass is 16.1. The lowest BCUT2D eigenvalue weighted by molar-refractivity contribution is -0.120. The molecule has 0 heterocycles. The van der Waals surface area contributed by atoms with Gasteiger partial charge in [0.25, 0.3) is 0 Å². The van der Waals surface area contributed by atoms with E-state index in [0.717, 1.165) is 35.7 Å². The Morgan fingerprint density at radius 3 is 2.68 bits per heavy atom. The highest BCUT2D eigenvalue weighted by Gasteiger charge is 2.30. The van der Waals surface area contributed by atoms with E-state index >= 15 is 0 Å². The largest absolute Gasteiger partial charge is 0.327 e. The second-order valence-corrected chi connectivity index (χ2v) is 5.22. The summed E-state index contributed by atoms with van der Waals surface area (Å²) in [5, 5.41) is 5.25. The number of carbonyl (C=O) groups is 1. The lowest BCUT2D eigenvalue weighted by Gasteiger charge is -2.16. The first-order chi connectivity index (χ1) is 9.25. The van der Waals surface area contributed by atoms with E-state index in [4.69, 9.17) is 5.73 Å². The number of hydrogen-bond acceptors (Lipinski definition) is 2. The van der Waals surface area contributed by atoms with Crippen LogP contribution >= 0.6 is 0 Å². The van der Waals surface area contributed by atoms with Gasteiger partial charge in [-0.3, -0.25) is 4.79 Å². The quantitative estimate of drug-likeness (QED) is 0.865. The van der Waals surface area contributed by atoms with E-state index in [2.05, 4.69) is 5.32 Å². The molecule has 2 atom stereocenters. The van der Waals surface area contributed by atoms with Crippen molar-refractivity contribution in [3.8, 4) is 0 Å². The number of hydrogen-bond donors (Lipinski definition) is 2. The van der Waals surface area contributed by atoms with Crippen LogP contribution in [0.1, 0.15) is 19.3 Å². The zero-order chi connectivity index (χ0) is 13.2. The summed E-state index contributed by atoms with van der Waals surface area (Å²) < 4.78 is 0. The molecule has 2 aromatic carbocycles. The molecule has 3 N–H and O–H groups in total. The smallest absolute Gasteiger partial charge is 0.229 e. The van der Waals surface area contributed by atoms with Gasteiger partial charge in [0.2, 0.25) is 5.91 Å². The summed E-state index contributed by atoms with van der Waals surface area (Å²) in [7, 11) is 0. The number of rotatable bonds is 2. The fraction of sp³-hybridized carbons (Fsp3) is 0.312. The molecule has 1 amide bonds. The predicted octanol–water partition coefficient (Wildman–Crippen LogP) is 2.91. The van der Waals surface area contributed by atoms with E-state index < -0.39 is 0 Å². The zero-order valence-electron chi connectivity index (χ0n) is 10.8. The molecule has 0 spiro atoms. The molecule has 19 heavy (non-hydrogen) atoms. The van der Waals surface area contributed by atoms with Crippen molar-refractivity contribution in [3.63, 3.8) is 0 Å². The molecule has 98 valence electrons. The number of nitrogens with two attached hydrogens (primary N) is 1. The molecular formula is C16H18N2O. The highest BCUT2D eigenvalue weighted by molar-refractivity contribution is 6.03. The van der Waals surface area contributed by atoms with Crippen LogP contribution in [0.4, 0.5) is 5.69 Å². The highest BCUT2D eigenvalue weighted by Crippen LogP contribution is 2.27. The van der Waals surface area contributed by atoms with Gasteiger partial charge in [-0.1, -0.05) is 42.8 Å². The van der Waals surface area contributed by atoms with Gasteiger partial charge in [0.1, 0.15) is 0 Å². The van der Waals surface area contributed by atoms with Crippen molar-refractivity contribution in [2.45, 2.75) is 25.3 Å². The number of anilines is 1. The van der Waals surface area contributed by atoms with E-state index in [1.165, 1.54) is 0 Å². The second-order valence-electron chi connectivity index (χ2n) is 5.22. The number of amides is 1. The van der Waals surface area contributed by atoms with E-state index in [-0.39, 0.29) is 17.9 Å². The SMILES string of the molecule is NC1CCCC1C(=O)Nc1cccc2ccccc12. The van der Waals surface area contributed by atoms with Crippen molar-refractivity contribution in [3.05, 3.63) is 42.5 Å². The van der Waals surface area contributed by atoms with Gasteiger partial charge in [0.15, 0.2) is 0 Å². The molecule has 0 radical (unpaired) electrons. The van der Waals surface area contributed by atoms with Gasteiger partial charge in [-0.25, -0.2) is 0 Å². The molecule has 1 aliphatic rings. The van der Waals surface area contributed by atoms with Crippen molar-refractivity contribution in [2.75, 3.05) is 5.32 Å². The van der Waals surface area contributed by atoms with Crippen LogP contribution in [0.15, 0.2) is 42.5 Å². The molecule has 0 bridgehead atoms. The van der Waals surface area contributed by atoms with Gasteiger partial charge < -0.3 is 11.1 Å². The number of fused-ring (bicyclic) bond motifs is 1. The summed E-state index contributed by atoms with van der Waals surface area (Å²) in [4.78, 5) is 12.3. The van der Waals surface area contributed by atoms with E-state index in [1.54, 1.807) is 0 Å². The van der Waals surface area contributed by atoms with Crippen molar-refractivity contribution < 1.29 is 4.79 Å². The first-order valence-corrected chi connectivity index (χ1v) is 6.80. The Morgan fingerprint density at radius 2 is 1.89 bits per heavy atom. The van der Waals surface area contributed by atoms with Gasteiger partial charge in [0.05, 0.1) is 5.92 Å². The molecule has 3 heteroatoms. The van der Waals surface area contributed by atoms with Crippen LogP contribution in [0.5, 0.6) is 0 Å². The predicted molar refractivity (Wildman–Crippen MR) is 77.9 cm³/mol. The van der Waals surface area contributed by atoms with Crippen LogP contribution < -0.4 is 11.1 Å². The Balaban J connectivity index is 1.87. The third-order valence-corrected chi connectivity index (χ3v) is 3.95. The topological polar surface area (TPSA) is 55.1 Å². The lowest BCUT2D eigenvalue weighted by Crippen LogP contribution is -2.34. The van der Waals surface area contributed by atoms with Crippen LogP contribution in [0, 0.1) is 5.92 Å². The van der Waals surface area contributed by atoms with Gasteiger partial charge >= 0.3 is 0 Å². The van der Waals surface area contributed by atoms with Crippen LogP contribution in [-0.2, 0) is 4.79 Å². The number of benzene rings is 2. The third kappa shape index (κ3) is 2.34. The summed E-state index contributed by atoms with van der Waals surface area (Å²) in [5.41, 5.74) is 6.86. The average Bonchev–Trinajstić information content (AvgIpc) is 2.85. The second kappa shape index (κ2) is 5.02. The molecule has 1 saturated carbocycles. The van der Waals surface area contributed by atoms with Gasteiger partial charge in [0, 0.05) is 17.1 Å². The maximum absolute atomic E-state index is 12.3. The Hall–Kier alpha value is -1.87. The molecule has 1 fully saturated rings. The van der Waals surface area contributed by atoms with Crippen LogP contribution in [0.2, 0.25) is 0 Å². The minimum atomic E-state index is -0.0426. The molecule has 3 nitrogen and oxygen atoms in total. The molecule has 0 saturated heterocycles. The van der Waals surface area contributed by atoms with E-state index in [9.17, 15) is 4.79 Å². The summed E-state index contributed by atoms with van der Waals surface area (Å²) in [6.07, 6.45) is 2.90. The normalized spacial score (nSPS) is 22.6. The van der Waals surface area contributed by atoms with Crippen molar-refractivity contribution >= 4 is 22.4 Å². The minimum absolute atomic E-state index is 0.00924. The van der Waals surface area contributed by atoms with Crippen LogP contribution in [0.25, 0.3) is 10.8 Å². The summed E-state index contributed by atoms with van der Waals surface area (Å²) in [5.74, 6) is 0.0142. The summed E-state index contributed by atoms with van der Waals surface area (Å²) in [6, 6.07) is 14.0. The lowest BCUT2D eigenvalue weighted by atomic mass is 10.0. The summed E-state index contributed by atoms with van der Waals surface area (Å²) in [6.45, 7) is 0. The fourth-order valence-corrected chi connectivity index (χ4v) is 2.87. The molecule has 2 aromatic rings. The standard InChI is InChI=1S/C16H18N2O/c17-14-9-4-8-13(14)16(19)18-15-10-3-6-11-5-1-2-7-12(11)15/h1-3,5-7,10,13-14H,4,8-9,17H2,(H,18,19). The molecular weight excluding hydrogens is 236 g/mol. The van der Waals surface area contributed by atoms with Gasteiger partial charge in [-0.15, -0.1) is 0 Å². The Kier molecular flexibility index (Phi) is 3.22. The Labute approximate surface area is 112 Å². The first kappa shape index (κ1) is 12.2. The zero-order valence-corrected chi connectivity index (χ0v) is 10.8. The van der Waals surface area contributed by atoms with Crippen LogP contribution in [0.3, 0.4) is 0 Å². The number of nitrogens with one attached hydrogen (secondary N) is 1. The van der Waals surface area contributed by atoms with Gasteiger partial charge in [-0.05, 0) is 24.3 Å². The minimum Gasteiger partial charge on any atom is -0.327 e. The molecule has 2 unspecified atom stereocenters. The van der Waals surface area contributed by atoms with Gasteiger partial charge in [-0.2, -0.15) is 0 Å². The van der Waals surface area contributed by atoms with E-state index in [1.807, 2.05) is 42.5 Å². The molecule has 0 aromatic heterocycles. The van der Waals surface area contributed by atoms with Crippen molar-refractivity contribution in [1.82, 2.24) is 0 Å². The summed E-state index contributed by atoms with van der Waals surface area (Å²) >= 11 is 0. The van der Waals surface area contributed by atoms with E-state index in [0.29, 0.717) is 0 Å². The van der Waals surface area contributed by atoms with Crippen LogP contribution in [-0.4, -0.2) is 11.9 Å². The fourth-order valence-electron chi connectivity index (χ4n) is 2.87. The van der Waals surface area contributed by atoms with Crippen molar-refractivity contribution in [1.29, 1.82) is 0 Å². The maximum atomic E-state index is 12.3. The van der Waals surface area contributed by atoms with Crippen molar-refractivity contribution in [2.24, 2.45) is 11.7 Å². The number of carbonyl (C=O) groups excluding carboxylic acids is 1. The molecule has 3 rings (SSSR count). The average molecular weight is 254 g/mol. The molecule has 1 aliphatic carbocycles. The first-order valence-electron chi connectivity index (χ1n) is 6.80. The monoisotopic (exact) mass is 254 g/mol. The maximum Gasteiger partial charge on any atom is 0.229 e. The Bertz CT molecular complexity index is 603. The molecule has 0 aliphatic heterocycles.